The molecule has 0 saturated heterocycles. The number of rotatable bonds is 4. The summed E-state index contributed by atoms with van der Waals surface area (Å²) >= 11 is 1.87. The van der Waals surface area contributed by atoms with Gasteiger partial charge in [0.15, 0.2) is 0 Å². The first kappa shape index (κ1) is 12.9. The fourth-order valence-electron chi connectivity index (χ4n) is 2.24. The zero-order valence-corrected chi connectivity index (χ0v) is 11.5. The van der Waals surface area contributed by atoms with Gasteiger partial charge in [-0.2, -0.15) is 11.8 Å². The molecule has 17 heavy (non-hydrogen) atoms. The number of hydrogen-bond donors (Lipinski definition) is 1. The summed E-state index contributed by atoms with van der Waals surface area (Å²) in [6.45, 7) is 5.46. The summed E-state index contributed by atoms with van der Waals surface area (Å²) in [6.07, 6.45) is 4.22. The van der Waals surface area contributed by atoms with Crippen molar-refractivity contribution in [3.05, 3.63) is 35.1 Å². The first-order chi connectivity index (χ1) is 8.02. The third-order valence-electron chi connectivity index (χ3n) is 3.51. The molecule has 1 atom stereocenters. The second-order valence-corrected chi connectivity index (χ2v) is 6.79. The molecule has 2 rings (SSSR count). The van der Waals surface area contributed by atoms with Crippen molar-refractivity contribution >= 4 is 11.8 Å². The van der Waals surface area contributed by atoms with Gasteiger partial charge >= 0.3 is 0 Å². The Morgan fingerprint density at radius 2 is 2.24 bits per heavy atom. The predicted molar refractivity (Wildman–Crippen MR) is 73.1 cm³/mol. The zero-order valence-electron chi connectivity index (χ0n) is 10.7. The highest BCUT2D eigenvalue weighted by molar-refractivity contribution is 7.99. The summed E-state index contributed by atoms with van der Waals surface area (Å²) in [5, 5.41) is 3.61. The first-order valence-electron chi connectivity index (χ1n) is 6.09. The molecular weight excluding hydrogens is 233 g/mol. The van der Waals surface area contributed by atoms with Crippen molar-refractivity contribution in [2.24, 2.45) is 0 Å². The highest BCUT2D eigenvalue weighted by Gasteiger charge is 2.24. The quantitative estimate of drug-likeness (QED) is 0.881. The van der Waals surface area contributed by atoms with Crippen molar-refractivity contribution in [1.82, 2.24) is 5.32 Å². The minimum Gasteiger partial charge on any atom is -0.309 e. The summed E-state index contributed by atoms with van der Waals surface area (Å²) < 4.78 is 13.3. The third-order valence-corrected chi connectivity index (χ3v) is 4.76. The van der Waals surface area contributed by atoms with E-state index in [1.807, 2.05) is 17.8 Å². The molecule has 0 aliphatic heterocycles. The van der Waals surface area contributed by atoms with Gasteiger partial charge in [0.1, 0.15) is 5.82 Å². The molecule has 0 heterocycles. The van der Waals surface area contributed by atoms with E-state index >= 15 is 0 Å². The van der Waals surface area contributed by atoms with Crippen LogP contribution in [0.2, 0.25) is 0 Å². The molecule has 1 unspecified atom stereocenters. The van der Waals surface area contributed by atoms with Crippen LogP contribution in [0.1, 0.15) is 37.4 Å². The lowest BCUT2D eigenvalue weighted by molar-refractivity contribution is 0.493. The Balaban J connectivity index is 2.03. The standard InChI is InChI=1S/C14H20FNS/c1-14(2,17-3)9-16-13-7-4-10-8-11(15)5-6-12(10)13/h5-6,8,13,16H,4,7,9H2,1-3H3. The van der Waals surface area contributed by atoms with Crippen molar-refractivity contribution in [2.45, 2.75) is 37.5 Å². The van der Waals surface area contributed by atoms with Gasteiger partial charge in [0.2, 0.25) is 0 Å². The molecule has 1 aromatic rings. The molecule has 1 N–H and O–H groups in total. The highest BCUT2D eigenvalue weighted by Crippen LogP contribution is 2.32. The van der Waals surface area contributed by atoms with Crippen molar-refractivity contribution in [2.75, 3.05) is 12.8 Å². The first-order valence-corrected chi connectivity index (χ1v) is 7.31. The van der Waals surface area contributed by atoms with E-state index in [9.17, 15) is 4.39 Å². The van der Waals surface area contributed by atoms with E-state index in [1.54, 1.807) is 12.1 Å². The van der Waals surface area contributed by atoms with E-state index in [2.05, 4.69) is 25.4 Å². The van der Waals surface area contributed by atoms with Gasteiger partial charge in [-0.1, -0.05) is 6.07 Å². The van der Waals surface area contributed by atoms with Crippen molar-refractivity contribution in [3.63, 3.8) is 0 Å². The lowest BCUT2D eigenvalue weighted by Crippen LogP contribution is -2.33. The van der Waals surface area contributed by atoms with Crippen LogP contribution in [0.25, 0.3) is 0 Å². The average Bonchev–Trinajstić information content (AvgIpc) is 2.69. The second-order valence-electron chi connectivity index (χ2n) is 5.28. The summed E-state index contributed by atoms with van der Waals surface area (Å²) in [4.78, 5) is 0. The Bertz CT molecular complexity index is 403. The maximum absolute atomic E-state index is 13.1. The summed E-state index contributed by atoms with van der Waals surface area (Å²) in [6, 6.07) is 5.58. The predicted octanol–water partition coefficient (Wildman–Crippen LogP) is 3.54. The number of thioether (sulfide) groups is 1. The molecule has 1 aliphatic carbocycles. The minimum atomic E-state index is -0.117. The maximum atomic E-state index is 13.1. The fraction of sp³-hybridized carbons (Fsp3) is 0.571. The van der Waals surface area contributed by atoms with Crippen LogP contribution < -0.4 is 5.32 Å². The molecule has 1 aromatic carbocycles. The van der Waals surface area contributed by atoms with Crippen LogP contribution in [0.5, 0.6) is 0 Å². The molecule has 94 valence electrons. The number of aryl methyl sites for hydroxylation is 1. The van der Waals surface area contributed by atoms with E-state index in [1.165, 1.54) is 11.1 Å². The molecule has 1 aliphatic rings. The zero-order chi connectivity index (χ0) is 12.5. The Labute approximate surface area is 107 Å². The Hall–Kier alpha value is -0.540. The lowest BCUT2D eigenvalue weighted by atomic mass is 10.1. The highest BCUT2D eigenvalue weighted by atomic mass is 32.2. The third kappa shape index (κ3) is 3.02. The van der Waals surface area contributed by atoms with Gasteiger partial charge in [0.05, 0.1) is 0 Å². The smallest absolute Gasteiger partial charge is 0.123 e. The van der Waals surface area contributed by atoms with Crippen LogP contribution in [0.15, 0.2) is 18.2 Å². The molecule has 0 fully saturated rings. The van der Waals surface area contributed by atoms with Gasteiger partial charge in [0, 0.05) is 17.3 Å². The molecular formula is C14H20FNS. The van der Waals surface area contributed by atoms with Crippen LogP contribution >= 0.6 is 11.8 Å². The van der Waals surface area contributed by atoms with Crippen molar-refractivity contribution in [3.8, 4) is 0 Å². The number of fused-ring (bicyclic) bond motifs is 1. The van der Waals surface area contributed by atoms with E-state index in [0.29, 0.717) is 6.04 Å². The van der Waals surface area contributed by atoms with E-state index < -0.39 is 0 Å². The van der Waals surface area contributed by atoms with E-state index in [4.69, 9.17) is 0 Å². The lowest BCUT2D eigenvalue weighted by Gasteiger charge is -2.25. The van der Waals surface area contributed by atoms with Crippen LogP contribution in [-0.4, -0.2) is 17.5 Å². The van der Waals surface area contributed by atoms with Gasteiger partial charge in [-0.05, 0) is 56.2 Å². The molecule has 0 saturated carbocycles. The van der Waals surface area contributed by atoms with E-state index in [0.717, 1.165) is 19.4 Å². The molecule has 3 heteroatoms. The molecule has 0 aromatic heterocycles. The normalized spacial score (nSPS) is 19.4. The van der Waals surface area contributed by atoms with Crippen molar-refractivity contribution in [1.29, 1.82) is 0 Å². The summed E-state index contributed by atoms with van der Waals surface area (Å²) in [5.41, 5.74) is 2.45. The monoisotopic (exact) mass is 253 g/mol. The van der Waals surface area contributed by atoms with Gasteiger partial charge in [0.25, 0.3) is 0 Å². The average molecular weight is 253 g/mol. The summed E-state index contributed by atoms with van der Waals surface area (Å²) in [7, 11) is 0. The van der Waals surface area contributed by atoms with Crippen LogP contribution in [0.4, 0.5) is 4.39 Å². The molecule has 0 amide bonds. The minimum absolute atomic E-state index is 0.117. The Morgan fingerprint density at radius 3 is 2.94 bits per heavy atom. The number of nitrogens with one attached hydrogen (secondary N) is 1. The molecule has 0 spiro atoms. The molecule has 0 bridgehead atoms. The van der Waals surface area contributed by atoms with Gasteiger partial charge in [-0.15, -0.1) is 0 Å². The van der Waals surface area contributed by atoms with Gasteiger partial charge in [-0.3, -0.25) is 0 Å². The van der Waals surface area contributed by atoms with Crippen molar-refractivity contribution < 1.29 is 4.39 Å². The number of benzene rings is 1. The van der Waals surface area contributed by atoms with Gasteiger partial charge in [-0.25, -0.2) is 4.39 Å². The molecule has 1 nitrogen and oxygen atoms in total. The van der Waals surface area contributed by atoms with Crippen LogP contribution in [0, 0.1) is 5.82 Å². The second kappa shape index (κ2) is 4.99. The summed E-state index contributed by atoms with van der Waals surface area (Å²) in [5.74, 6) is -0.117. The number of hydrogen-bond acceptors (Lipinski definition) is 2. The van der Waals surface area contributed by atoms with Crippen LogP contribution in [-0.2, 0) is 6.42 Å². The Morgan fingerprint density at radius 1 is 1.47 bits per heavy atom. The topological polar surface area (TPSA) is 12.0 Å². The maximum Gasteiger partial charge on any atom is 0.123 e. The van der Waals surface area contributed by atoms with Crippen LogP contribution in [0.3, 0.4) is 0 Å². The fourth-order valence-corrected chi connectivity index (χ4v) is 2.47. The molecule has 0 radical (unpaired) electrons. The Kier molecular flexibility index (Phi) is 3.79. The number of halogens is 1. The van der Waals surface area contributed by atoms with Gasteiger partial charge < -0.3 is 5.32 Å². The largest absolute Gasteiger partial charge is 0.309 e. The van der Waals surface area contributed by atoms with E-state index in [-0.39, 0.29) is 10.6 Å². The SMILES string of the molecule is CSC(C)(C)CNC1CCc2cc(F)ccc21.